The first-order chi connectivity index (χ1) is 10.3. The van der Waals surface area contributed by atoms with E-state index >= 15 is 0 Å². The lowest BCUT2D eigenvalue weighted by Crippen LogP contribution is -2.46. The van der Waals surface area contributed by atoms with Gasteiger partial charge in [0, 0.05) is 13.1 Å². The average molecular weight is 324 g/mol. The van der Waals surface area contributed by atoms with E-state index in [0.717, 1.165) is 24.7 Å². The average Bonchev–Trinajstić information content (AvgIpc) is 2.44. The van der Waals surface area contributed by atoms with Crippen LogP contribution in [0.2, 0.25) is 0 Å². The Morgan fingerprint density at radius 1 is 1.36 bits per heavy atom. The normalized spacial score (nSPS) is 19.0. The molecule has 6 heteroatoms. The van der Waals surface area contributed by atoms with Gasteiger partial charge in [-0.15, -0.1) is 0 Å². The lowest BCUT2D eigenvalue weighted by atomic mass is 10.0. The molecule has 0 bridgehead atoms. The molecule has 0 radical (unpaired) electrons. The quantitative estimate of drug-likeness (QED) is 0.851. The number of nitrogens with zero attached hydrogens (tertiary/aromatic N) is 2. The Labute approximate surface area is 133 Å². The summed E-state index contributed by atoms with van der Waals surface area (Å²) < 4.78 is 25.5. The molecule has 5 nitrogen and oxygen atoms in total. The van der Waals surface area contributed by atoms with Gasteiger partial charge in [-0.3, -0.25) is 9.10 Å². The molecule has 2 rings (SSSR count). The number of carbonyl (C=O) groups excluding carboxylic acids is 1. The Kier molecular flexibility index (Phi) is 5.11. The van der Waals surface area contributed by atoms with Crippen LogP contribution in [0, 0.1) is 12.8 Å². The molecule has 1 aliphatic heterocycles. The number of hydrogen-bond acceptors (Lipinski definition) is 3. The summed E-state index contributed by atoms with van der Waals surface area (Å²) in [7, 11) is -3.50. The molecular formula is C16H24N2O3S. The van der Waals surface area contributed by atoms with Gasteiger partial charge in [-0.05, 0) is 37.3 Å². The molecule has 1 aromatic carbocycles. The first-order valence-corrected chi connectivity index (χ1v) is 9.45. The summed E-state index contributed by atoms with van der Waals surface area (Å²) in [6.45, 7) is 5.27. The number of hydrogen-bond donors (Lipinski definition) is 0. The Morgan fingerprint density at radius 2 is 2.05 bits per heavy atom. The van der Waals surface area contributed by atoms with E-state index in [1.165, 1.54) is 4.31 Å². The van der Waals surface area contributed by atoms with Crippen LogP contribution in [0.5, 0.6) is 0 Å². The summed E-state index contributed by atoms with van der Waals surface area (Å²) in [6.07, 6.45) is 3.25. The van der Waals surface area contributed by atoms with Crippen molar-refractivity contribution in [3.05, 3.63) is 29.8 Å². The highest BCUT2D eigenvalue weighted by atomic mass is 32.2. The summed E-state index contributed by atoms with van der Waals surface area (Å²) in [4.78, 5) is 14.3. The van der Waals surface area contributed by atoms with Crippen molar-refractivity contribution < 1.29 is 13.2 Å². The zero-order chi connectivity index (χ0) is 16.3. The number of piperidine rings is 1. The van der Waals surface area contributed by atoms with Crippen LogP contribution in [-0.4, -0.2) is 45.1 Å². The van der Waals surface area contributed by atoms with Crippen LogP contribution >= 0.6 is 0 Å². The standard InChI is InChI=1S/C16H24N2O3S/c1-13-7-6-10-17(11-13)16(19)12-18(22(3,20)21)15-9-5-4-8-14(15)2/h4-5,8-9,13H,6-7,10-12H2,1-3H3/t13-/m0/s1. The van der Waals surface area contributed by atoms with E-state index in [0.29, 0.717) is 24.7 Å². The lowest BCUT2D eigenvalue weighted by molar-refractivity contribution is -0.131. The molecule has 0 aliphatic carbocycles. The molecule has 122 valence electrons. The number of amides is 1. The second-order valence-electron chi connectivity index (χ2n) is 6.14. The zero-order valence-corrected chi connectivity index (χ0v) is 14.3. The number of sulfonamides is 1. The smallest absolute Gasteiger partial charge is 0.243 e. The van der Waals surface area contributed by atoms with Gasteiger partial charge in [0.15, 0.2) is 0 Å². The van der Waals surface area contributed by atoms with Crippen molar-refractivity contribution in [3.63, 3.8) is 0 Å². The Hall–Kier alpha value is -1.56. The number of likely N-dealkylation sites (tertiary alicyclic amines) is 1. The van der Waals surface area contributed by atoms with Gasteiger partial charge in [0.05, 0.1) is 11.9 Å². The molecule has 0 spiro atoms. The zero-order valence-electron chi connectivity index (χ0n) is 13.4. The van der Waals surface area contributed by atoms with E-state index in [2.05, 4.69) is 6.92 Å². The number of benzene rings is 1. The van der Waals surface area contributed by atoms with E-state index in [1.807, 2.05) is 19.1 Å². The molecule has 1 heterocycles. The van der Waals surface area contributed by atoms with Crippen molar-refractivity contribution >= 4 is 21.6 Å². The molecule has 0 N–H and O–H groups in total. The van der Waals surface area contributed by atoms with Gasteiger partial charge >= 0.3 is 0 Å². The molecule has 0 saturated carbocycles. The number of para-hydroxylation sites is 1. The maximum atomic E-state index is 12.5. The summed E-state index contributed by atoms with van der Waals surface area (Å²) in [6, 6.07) is 7.23. The van der Waals surface area contributed by atoms with Gasteiger partial charge in [0.1, 0.15) is 6.54 Å². The maximum absolute atomic E-state index is 12.5. The molecule has 0 unspecified atom stereocenters. The van der Waals surface area contributed by atoms with E-state index < -0.39 is 10.0 Å². The third-order valence-electron chi connectivity index (χ3n) is 4.07. The molecule has 1 saturated heterocycles. The highest BCUT2D eigenvalue weighted by molar-refractivity contribution is 7.92. The van der Waals surface area contributed by atoms with Crippen LogP contribution in [0.25, 0.3) is 0 Å². The minimum Gasteiger partial charge on any atom is -0.341 e. The summed E-state index contributed by atoms with van der Waals surface area (Å²) in [5.41, 5.74) is 1.41. The maximum Gasteiger partial charge on any atom is 0.243 e. The Balaban J connectivity index is 2.21. The summed E-state index contributed by atoms with van der Waals surface area (Å²) in [5, 5.41) is 0. The third kappa shape index (κ3) is 4.00. The largest absolute Gasteiger partial charge is 0.341 e. The number of anilines is 1. The fourth-order valence-corrected chi connectivity index (χ4v) is 3.77. The fraction of sp³-hybridized carbons (Fsp3) is 0.562. The topological polar surface area (TPSA) is 57.7 Å². The van der Waals surface area contributed by atoms with Crippen LogP contribution in [0.15, 0.2) is 24.3 Å². The van der Waals surface area contributed by atoms with Crippen LogP contribution in [0.4, 0.5) is 5.69 Å². The number of rotatable bonds is 4. The van der Waals surface area contributed by atoms with Crippen molar-refractivity contribution in [2.24, 2.45) is 5.92 Å². The van der Waals surface area contributed by atoms with Gasteiger partial charge in [0.2, 0.25) is 15.9 Å². The predicted octanol–water partition coefficient (Wildman–Crippen LogP) is 2.02. The van der Waals surface area contributed by atoms with Crippen LogP contribution in [-0.2, 0) is 14.8 Å². The van der Waals surface area contributed by atoms with Gasteiger partial charge in [0.25, 0.3) is 0 Å². The second-order valence-corrected chi connectivity index (χ2v) is 8.05. The van der Waals surface area contributed by atoms with Gasteiger partial charge in [-0.25, -0.2) is 8.42 Å². The van der Waals surface area contributed by atoms with E-state index in [9.17, 15) is 13.2 Å². The molecule has 1 amide bonds. The lowest BCUT2D eigenvalue weighted by Gasteiger charge is -2.33. The van der Waals surface area contributed by atoms with E-state index in [-0.39, 0.29) is 12.5 Å². The van der Waals surface area contributed by atoms with Gasteiger partial charge in [-0.2, -0.15) is 0 Å². The number of aryl methyl sites for hydroxylation is 1. The molecule has 1 aliphatic rings. The highest BCUT2D eigenvalue weighted by Crippen LogP contribution is 2.23. The third-order valence-corrected chi connectivity index (χ3v) is 5.20. The second kappa shape index (κ2) is 6.69. The Bertz CT molecular complexity index is 643. The van der Waals surface area contributed by atoms with Gasteiger partial charge < -0.3 is 4.90 Å². The van der Waals surface area contributed by atoms with Crippen molar-refractivity contribution in [1.29, 1.82) is 0 Å². The first-order valence-electron chi connectivity index (χ1n) is 7.60. The highest BCUT2D eigenvalue weighted by Gasteiger charge is 2.27. The SMILES string of the molecule is Cc1ccccc1N(CC(=O)N1CCC[C@H](C)C1)S(C)(=O)=O. The van der Waals surface area contributed by atoms with Crippen molar-refractivity contribution in [2.45, 2.75) is 26.7 Å². The van der Waals surface area contributed by atoms with Crippen LogP contribution in [0.3, 0.4) is 0 Å². The minimum atomic E-state index is -3.50. The molecule has 1 fully saturated rings. The number of carbonyl (C=O) groups is 1. The van der Waals surface area contributed by atoms with Crippen molar-refractivity contribution in [3.8, 4) is 0 Å². The van der Waals surface area contributed by atoms with Crippen molar-refractivity contribution in [2.75, 3.05) is 30.2 Å². The van der Waals surface area contributed by atoms with Crippen molar-refractivity contribution in [1.82, 2.24) is 4.90 Å². The van der Waals surface area contributed by atoms with Gasteiger partial charge in [-0.1, -0.05) is 25.1 Å². The summed E-state index contributed by atoms with van der Waals surface area (Å²) >= 11 is 0. The monoisotopic (exact) mass is 324 g/mol. The fourth-order valence-electron chi connectivity index (χ4n) is 2.86. The molecular weight excluding hydrogens is 300 g/mol. The van der Waals surface area contributed by atoms with Crippen LogP contribution < -0.4 is 4.31 Å². The molecule has 1 aromatic rings. The minimum absolute atomic E-state index is 0.125. The van der Waals surface area contributed by atoms with Crippen LogP contribution in [0.1, 0.15) is 25.3 Å². The van der Waals surface area contributed by atoms with E-state index in [1.54, 1.807) is 17.0 Å². The molecule has 1 atom stereocenters. The first kappa shape index (κ1) is 16.8. The molecule has 0 aromatic heterocycles. The van der Waals surface area contributed by atoms with E-state index in [4.69, 9.17) is 0 Å². The Morgan fingerprint density at radius 3 is 2.64 bits per heavy atom. The predicted molar refractivity (Wildman–Crippen MR) is 88.3 cm³/mol. The summed E-state index contributed by atoms with van der Waals surface area (Å²) in [5.74, 6) is 0.350. The molecule has 22 heavy (non-hydrogen) atoms.